The van der Waals surface area contributed by atoms with E-state index in [0.717, 1.165) is 27.7 Å². The van der Waals surface area contributed by atoms with Crippen molar-refractivity contribution in [3.8, 4) is 11.3 Å². The average Bonchev–Trinajstić information content (AvgIpc) is 3.45. The maximum absolute atomic E-state index is 12.9. The number of rotatable bonds is 5. The molecule has 5 rings (SSSR count). The number of nitrogens with zero attached hydrogens (tertiary/aromatic N) is 2. The first-order valence-electron chi connectivity index (χ1n) is 10.9. The lowest BCUT2D eigenvalue weighted by Crippen LogP contribution is -2.28. The number of carbonyl (C=O) groups excluding carboxylic acids is 3. The Kier molecular flexibility index (Phi) is 5.81. The highest BCUT2D eigenvalue weighted by Crippen LogP contribution is 2.32. The van der Waals surface area contributed by atoms with Crippen LogP contribution in [0.15, 0.2) is 72.1 Å². The van der Waals surface area contributed by atoms with E-state index in [1.807, 2.05) is 60.0 Å². The Morgan fingerprint density at radius 2 is 1.76 bits per heavy atom. The molecule has 1 atom stereocenters. The minimum atomic E-state index is -0.448. The molecule has 1 saturated heterocycles. The molecule has 8 heteroatoms. The number of hydrogen-bond acceptors (Lipinski definition) is 5. The molecule has 0 saturated carbocycles. The molecule has 170 valence electrons. The van der Waals surface area contributed by atoms with E-state index in [9.17, 15) is 14.4 Å². The Hall–Kier alpha value is -4.04. The first-order chi connectivity index (χ1) is 16.5. The van der Waals surface area contributed by atoms with Crippen molar-refractivity contribution in [2.75, 3.05) is 22.1 Å². The van der Waals surface area contributed by atoms with Gasteiger partial charge in [-0.1, -0.05) is 48.5 Å². The molecule has 1 unspecified atom stereocenters. The van der Waals surface area contributed by atoms with E-state index in [-0.39, 0.29) is 24.1 Å². The average molecular weight is 471 g/mol. The van der Waals surface area contributed by atoms with Crippen molar-refractivity contribution in [2.45, 2.75) is 13.3 Å². The summed E-state index contributed by atoms with van der Waals surface area (Å²) in [5, 5.41) is 10.0. The molecule has 7 nitrogen and oxygen atoms in total. The summed E-state index contributed by atoms with van der Waals surface area (Å²) in [7, 11) is 0. The molecule has 3 amide bonds. The van der Waals surface area contributed by atoms with Crippen LogP contribution in [0.4, 0.5) is 16.5 Å². The zero-order chi connectivity index (χ0) is 23.7. The molecular formula is C26H22N4O3S. The van der Waals surface area contributed by atoms with Gasteiger partial charge < -0.3 is 15.5 Å². The van der Waals surface area contributed by atoms with Gasteiger partial charge in [-0.2, -0.15) is 0 Å². The van der Waals surface area contributed by atoms with Crippen molar-refractivity contribution in [3.05, 3.63) is 72.1 Å². The van der Waals surface area contributed by atoms with Crippen LogP contribution in [0, 0.1) is 5.92 Å². The zero-order valence-electron chi connectivity index (χ0n) is 18.4. The third kappa shape index (κ3) is 4.40. The molecule has 1 aliphatic rings. The van der Waals surface area contributed by atoms with Crippen LogP contribution in [-0.2, 0) is 14.4 Å². The monoisotopic (exact) mass is 470 g/mol. The molecule has 2 heterocycles. The van der Waals surface area contributed by atoms with Gasteiger partial charge in [0.05, 0.1) is 17.3 Å². The number of fused-ring (bicyclic) bond motifs is 1. The fourth-order valence-corrected chi connectivity index (χ4v) is 4.88. The second-order valence-corrected chi connectivity index (χ2v) is 9.05. The standard InChI is InChI=1S/C26H22N4O3S/c1-16(31)27-20-11-9-18(10-12-20)22-15-34-26(28-22)29-25(33)19-13-24(32)30(14-19)23-8-4-6-17-5-2-3-7-21(17)23/h2-12,15,19H,13-14H2,1H3,(H,27,31)(H,28,29,33). The SMILES string of the molecule is CC(=O)Nc1ccc(-c2csc(NC(=O)C3CC(=O)N(c4cccc5ccccc45)C3)n2)cc1. The maximum Gasteiger partial charge on any atom is 0.231 e. The Bertz CT molecular complexity index is 1390. The summed E-state index contributed by atoms with van der Waals surface area (Å²) in [4.78, 5) is 43.1. The van der Waals surface area contributed by atoms with Gasteiger partial charge in [0, 0.05) is 41.9 Å². The van der Waals surface area contributed by atoms with E-state index in [4.69, 9.17) is 0 Å². The Balaban J connectivity index is 1.27. The van der Waals surface area contributed by atoms with Gasteiger partial charge in [0.25, 0.3) is 0 Å². The van der Waals surface area contributed by atoms with E-state index >= 15 is 0 Å². The largest absolute Gasteiger partial charge is 0.326 e. The lowest BCUT2D eigenvalue weighted by Gasteiger charge is -2.18. The number of hydrogen-bond donors (Lipinski definition) is 2. The molecular weight excluding hydrogens is 448 g/mol. The zero-order valence-corrected chi connectivity index (χ0v) is 19.3. The first-order valence-corrected chi connectivity index (χ1v) is 11.8. The summed E-state index contributed by atoms with van der Waals surface area (Å²) < 4.78 is 0. The molecule has 1 fully saturated rings. The van der Waals surface area contributed by atoms with Crippen molar-refractivity contribution in [1.29, 1.82) is 0 Å². The summed E-state index contributed by atoms with van der Waals surface area (Å²) in [6.07, 6.45) is 0.165. The predicted octanol–water partition coefficient (Wildman–Crippen LogP) is 4.91. The van der Waals surface area contributed by atoms with Crippen LogP contribution in [0.5, 0.6) is 0 Å². The summed E-state index contributed by atoms with van der Waals surface area (Å²) in [5.41, 5.74) is 3.15. The van der Waals surface area contributed by atoms with Gasteiger partial charge in [-0.3, -0.25) is 14.4 Å². The number of anilines is 3. The lowest BCUT2D eigenvalue weighted by atomic mass is 10.1. The highest BCUT2D eigenvalue weighted by atomic mass is 32.1. The molecule has 1 aromatic heterocycles. The van der Waals surface area contributed by atoms with Gasteiger partial charge in [0.1, 0.15) is 0 Å². The number of aromatic nitrogens is 1. The molecule has 3 aromatic carbocycles. The number of thiazole rings is 1. The van der Waals surface area contributed by atoms with Crippen LogP contribution in [0.3, 0.4) is 0 Å². The molecule has 0 spiro atoms. The number of amides is 3. The third-order valence-corrected chi connectivity index (χ3v) is 6.55. The van der Waals surface area contributed by atoms with Gasteiger partial charge in [0.2, 0.25) is 17.7 Å². The van der Waals surface area contributed by atoms with Crippen molar-refractivity contribution < 1.29 is 14.4 Å². The van der Waals surface area contributed by atoms with Crippen LogP contribution in [0.1, 0.15) is 13.3 Å². The highest BCUT2D eigenvalue weighted by Gasteiger charge is 2.36. The Labute approximate surface area is 200 Å². The van der Waals surface area contributed by atoms with Gasteiger partial charge in [-0.15, -0.1) is 11.3 Å². The van der Waals surface area contributed by atoms with Crippen LogP contribution < -0.4 is 15.5 Å². The smallest absolute Gasteiger partial charge is 0.231 e. The van der Waals surface area contributed by atoms with Crippen molar-refractivity contribution in [3.63, 3.8) is 0 Å². The first kappa shape index (κ1) is 21.8. The van der Waals surface area contributed by atoms with Gasteiger partial charge in [0.15, 0.2) is 5.13 Å². The molecule has 34 heavy (non-hydrogen) atoms. The molecule has 4 aromatic rings. The second kappa shape index (κ2) is 9.07. The fourth-order valence-electron chi connectivity index (χ4n) is 4.16. The maximum atomic E-state index is 12.9. The second-order valence-electron chi connectivity index (χ2n) is 8.19. The molecule has 0 radical (unpaired) electrons. The quantitative estimate of drug-likeness (QED) is 0.433. The highest BCUT2D eigenvalue weighted by molar-refractivity contribution is 7.14. The van der Waals surface area contributed by atoms with Crippen LogP contribution >= 0.6 is 11.3 Å². The lowest BCUT2D eigenvalue weighted by molar-refractivity contribution is -0.122. The molecule has 0 aliphatic carbocycles. The van der Waals surface area contributed by atoms with Crippen LogP contribution in [0.25, 0.3) is 22.0 Å². The van der Waals surface area contributed by atoms with E-state index in [1.54, 1.807) is 17.0 Å². The fraction of sp³-hybridized carbons (Fsp3) is 0.154. The van der Waals surface area contributed by atoms with Crippen molar-refractivity contribution in [2.24, 2.45) is 5.92 Å². The van der Waals surface area contributed by atoms with E-state index < -0.39 is 5.92 Å². The summed E-state index contributed by atoms with van der Waals surface area (Å²) >= 11 is 1.33. The summed E-state index contributed by atoms with van der Waals surface area (Å²) in [6.45, 7) is 1.80. The summed E-state index contributed by atoms with van der Waals surface area (Å²) in [5.74, 6) is -0.847. The number of benzene rings is 3. The van der Waals surface area contributed by atoms with Crippen LogP contribution in [-0.4, -0.2) is 29.3 Å². The van der Waals surface area contributed by atoms with E-state index in [2.05, 4.69) is 15.6 Å². The minimum absolute atomic E-state index is 0.0596. The number of carbonyl (C=O) groups is 3. The van der Waals surface area contributed by atoms with E-state index in [1.165, 1.54) is 18.3 Å². The van der Waals surface area contributed by atoms with Crippen LogP contribution in [0.2, 0.25) is 0 Å². The molecule has 0 bridgehead atoms. The molecule has 2 N–H and O–H groups in total. The normalized spacial score (nSPS) is 15.5. The number of nitrogens with one attached hydrogen (secondary N) is 2. The predicted molar refractivity (Wildman–Crippen MR) is 135 cm³/mol. The van der Waals surface area contributed by atoms with Crippen molar-refractivity contribution in [1.82, 2.24) is 4.98 Å². The van der Waals surface area contributed by atoms with E-state index in [0.29, 0.717) is 17.4 Å². The van der Waals surface area contributed by atoms with Gasteiger partial charge in [-0.25, -0.2) is 4.98 Å². The molecule has 1 aliphatic heterocycles. The summed E-state index contributed by atoms with van der Waals surface area (Å²) in [6, 6.07) is 21.1. The van der Waals surface area contributed by atoms with Crippen molar-refractivity contribution >= 4 is 56.3 Å². The van der Waals surface area contributed by atoms with Gasteiger partial charge in [-0.05, 0) is 23.6 Å². The van der Waals surface area contributed by atoms with Gasteiger partial charge >= 0.3 is 0 Å². The Morgan fingerprint density at radius 1 is 1.00 bits per heavy atom. The topological polar surface area (TPSA) is 91.4 Å². The minimum Gasteiger partial charge on any atom is -0.326 e. The Morgan fingerprint density at radius 3 is 2.56 bits per heavy atom. The third-order valence-electron chi connectivity index (χ3n) is 5.79.